The van der Waals surface area contributed by atoms with E-state index in [1.807, 2.05) is 0 Å². The molecule has 0 unspecified atom stereocenters. The fraction of sp³-hybridized carbons (Fsp3) is 0.833. The lowest BCUT2D eigenvalue weighted by Crippen LogP contribution is -2.20. The van der Waals surface area contributed by atoms with E-state index in [4.69, 9.17) is 7.85 Å². The second kappa shape index (κ2) is 2.34. The minimum atomic E-state index is 0.241. The third-order valence-corrected chi connectivity index (χ3v) is 1.76. The van der Waals surface area contributed by atoms with Crippen molar-refractivity contribution in [2.45, 2.75) is 25.6 Å². The van der Waals surface area contributed by atoms with E-state index >= 15 is 0 Å². The molecule has 1 saturated carbocycles. The van der Waals surface area contributed by atoms with Gasteiger partial charge in [-0.25, -0.2) is 0 Å². The van der Waals surface area contributed by atoms with Gasteiger partial charge in [-0.1, -0.05) is 6.42 Å². The first-order chi connectivity index (χ1) is 3.84. The third-order valence-electron chi connectivity index (χ3n) is 1.76. The van der Waals surface area contributed by atoms with Gasteiger partial charge in [0, 0.05) is 5.92 Å². The van der Waals surface area contributed by atoms with Gasteiger partial charge in [-0.05, 0) is 19.2 Å². The van der Waals surface area contributed by atoms with Gasteiger partial charge in [-0.3, -0.25) is 0 Å². The van der Waals surface area contributed by atoms with Crippen molar-refractivity contribution in [1.29, 1.82) is 0 Å². The van der Waals surface area contributed by atoms with Gasteiger partial charge in [0.1, 0.15) is 5.78 Å². The summed E-state index contributed by atoms with van der Waals surface area (Å²) in [5.74, 6) is 0.580. The fourth-order valence-electron chi connectivity index (χ4n) is 0.897. The van der Waals surface area contributed by atoms with Crippen molar-refractivity contribution < 1.29 is 4.79 Å². The van der Waals surface area contributed by atoms with E-state index < -0.39 is 0 Å². The summed E-state index contributed by atoms with van der Waals surface area (Å²) in [5, 5.41) is 0. The van der Waals surface area contributed by atoms with Crippen LogP contribution >= 0.6 is 0 Å². The Bertz CT molecular complexity index is 96.7. The van der Waals surface area contributed by atoms with Gasteiger partial charge >= 0.3 is 0 Å². The number of Topliss-reactive ketones (excluding diaryl/α,β-unsaturated/α-hetero) is 1. The zero-order valence-electron chi connectivity index (χ0n) is 4.89. The summed E-state index contributed by atoms with van der Waals surface area (Å²) in [6, 6.07) is 0. The van der Waals surface area contributed by atoms with Crippen molar-refractivity contribution in [3.8, 4) is 0 Å². The van der Waals surface area contributed by atoms with Crippen molar-refractivity contribution >= 4 is 13.6 Å². The molecule has 0 aliphatic heterocycles. The van der Waals surface area contributed by atoms with Crippen LogP contribution in [0, 0.1) is 5.92 Å². The molecule has 0 aromatic rings. The summed E-state index contributed by atoms with van der Waals surface area (Å²) >= 11 is 0. The van der Waals surface area contributed by atoms with Crippen LogP contribution in [-0.4, -0.2) is 13.6 Å². The van der Waals surface area contributed by atoms with Gasteiger partial charge in [-0.2, -0.15) is 0 Å². The number of carbonyl (C=O) groups excluding carboxylic acids is 1. The Kier molecular flexibility index (Phi) is 1.71. The predicted molar refractivity (Wildman–Crippen MR) is 32.9 cm³/mol. The Balaban J connectivity index is 2.24. The van der Waals surface area contributed by atoms with Crippen molar-refractivity contribution in [1.82, 2.24) is 0 Å². The quantitative estimate of drug-likeness (QED) is 0.481. The average Bonchev–Trinajstić information content (AvgIpc) is 1.62. The maximum absolute atomic E-state index is 10.7. The van der Waals surface area contributed by atoms with Gasteiger partial charge in [0.2, 0.25) is 0 Å². The molecule has 0 heterocycles. The number of carbonyl (C=O) groups is 1. The Hall–Kier alpha value is -0.265. The SMILES string of the molecule is [B]CC(=O)C1CCC1. The van der Waals surface area contributed by atoms with Crippen LogP contribution in [0.25, 0.3) is 0 Å². The Labute approximate surface area is 50.9 Å². The van der Waals surface area contributed by atoms with Gasteiger partial charge < -0.3 is 4.79 Å². The largest absolute Gasteiger partial charge is 0.300 e. The first kappa shape index (κ1) is 5.86. The van der Waals surface area contributed by atoms with E-state index in [2.05, 4.69) is 0 Å². The monoisotopic (exact) mass is 108 g/mol. The Morgan fingerprint density at radius 3 is 2.38 bits per heavy atom. The molecule has 0 N–H and O–H groups in total. The summed E-state index contributed by atoms with van der Waals surface area (Å²) < 4.78 is 0. The highest BCUT2D eigenvalue weighted by Gasteiger charge is 2.22. The molecule has 1 rings (SSSR count). The first-order valence-corrected chi connectivity index (χ1v) is 3.07. The van der Waals surface area contributed by atoms with E-state index in [1.165, 1.54) is 6.42 Å². The van der Waals surface area contributed by atoms with Gasteiger partial charge in [0.25, 0.3) is 0 Å². The summed E-state index contributed by atoms with van der Waals surface area (Å²) in [4.78, 5) is 10.7. The molecule has 0 amide bonds. The molecule has 1 nitrogen and oxygen atoms in total. The molecule has 0 bridgehead atoms. The number of rotatable bonds is 2. The van der Waals surface area contributed by atoms with Gasteiger partial charge in [0.15, 0.2) is 0 Å². The van der Waals surface area contributed by atoms with Gasteiger partial charge in [0.05, 0.1) is 7.85 Å². The van der Waals surface area contributed by atoms with Crippen LogP contribution in [0.4, 0.5) is 0 Å². The van der Waals surface area contributed by atoms with Crippen LogP contribution in [0.3, 0.4) is 0 Å². The van der Waals surface area contributed by atoms with Crippen molar-refractivity contribution in [2.75, 3.05) is 0 Å². The maximum Gasteiger partial charge on any atom is 0.127 e. The predicted octanol–water partition coefficient (Wildman–Crippen LogP) is 0.942. The number of ketones is 1. The zero-order chi connectivity index (χ0) is 5.98. The number of hydrogen-bond acceptors (Lipinski definition) is 1. The second-order valence-corrected chi connectivity index (χ2v) is 2.30. The lowest BCUT2D eigenvalue weighted by molar-refractivity contribution is -0.122. The molecule has 2 heteroatoms. The van der Waals surface area contributed by atoms with Crippen molar-refractivity contribution in [3.05, 3.63) is 0 Å². The molecule has 0 saturated heterocycles. The fourth-order valence-corrected chi connectivity index (χ4v) is 0.897. The van der Waals surface area contributed by atoms with Gasteiger partial charge in [-0.15, -0.1) is 0 Å². The molecule has 1 aliphatic carbocycles. The van der Waals surface area contributed by atoms with E-state index in [1.54, 1.807) is 0 Å². The zero-order valence-corrected chi connectivity index (χ0v) is 4.89. The van der Waals surface area contributed by atoms with Crippen LogP contribution in [-0.2, 0) is 4.79 Å². The highest BCUT2D eigenvalue weighted by atomic mass is 16.1. The minimum absolute atomic E-state index is 0.241. The molecular formula is C6H9BO. The standard InChI is InChI=1S/C6H9BO/c7-4-6(8)5-2-1-3-5/h5H,1-4H2. The molecule has 2 radical (unpaired) electrons. The van der Waals surface area contributed by atoms with Crippen molar-refractivity contribution in [2.24, 2.45) is 5.92 Å². The molecule has 0 atom stereocenters. The lowest BCUT2D eigenvalue weighted by atomic mass is 9.78. The van der Waals surface area contributed by atoms with Crippen LogP contribution in [0.1, 0.15) is 19.3 Å². The topological polar surface area (TPSA) is 17.1 Å². The average molecular weight is 108 g/mol. The maximum atomic E-state index is 10.7. The Morgan fingerprint density at radius 1 is 1.62 bits per heavy atom. The third kappa shape index (κ3) is 0.934. The molecule has 8 heavy (non-hydrogen) atoms. The summed E-state index contributed by atoms with van der Waals surface area (Å²) in [5.41, 5.74) is 0. The second-order valence-electron chi connectivity index (χ2n) is 2.30. The Morgan fingerprint density at radius 2 is 2.25 bits per heavy atom. The summed E-state index contributed by atoms with van der Waals surface area (Å²) in [7, 11) is 5.13. The smallest absolute Gasteiger partial charge is 0.127 e. The van der Waals surface area contributed by atoms with Crippen molar-refractivity contribution in [3.63, 3.8) is 0 Å². The molecule has 1 aliphatic rings. The van der Waals surface area contributed by atoms with E-state index in [-0.39, 0.29) is 12.1 Å². The lowest BCUT2D eigenvalue weighted by Gasteiger charge is -2.22. The van der Waals surface area contributed by atoms with Crippen LogP contribution in [0.15, 0.2) is 0 Å². The molecule has 0 aromatic heterocycles. The molecule has 42 valence electrons. The molecule has 0 aromatic carbocycles. The molecule has 1 fully saturated rings. The molecule has 0 spiro atoms. The van der Waals surface area contributed by atoms with E-state index in [0.29, 0.717) is 5.92 Å². The van der Waals surface area contributed by atoms with Crippen LogP contribution < -0.4 is 0 Å². The first-order valence-electron chi connectivity index (χ1n) is 3.07. The normalized spacial score (nSPS) is 20.0. The van der Waals surface area contributed by atoms with E-state index in [0.717, 1.165) is 12.8 Å². The highest BCUT2D eigenvalue weighted by Crippen LogP contribution is 2.27. The van der Waals surface area contributed by atoms with E-state index in [9.17, 15) is 4.79 Å². The molecular weight excluding hydrogens is 98.9 g/mol. The van der Waals surface area contributed by atoms with Crippen LogP contribution in [0.2, 0.25) is 6.32 Å². The number of hydrogen-bond donors (Lipinski definition) is 0. The summed E-state index contributed by atoms with van der Waals surface area (Å²) in [6.07, 6.45) is 3.62. The highest BCUT2D eigenvalue weighted by molar-refractivity contribution is 6.20. The summed E-state index contributed by atoms with van der Waals surface area (Å²) in [6.45, 7) is 0. The van der Waals surface area contributed by atoms with Crippen LogP contribution in [0.5, 0.6) is 0 Å². The minimum Gasteiger partial charge on any atom is -0.300 e.